The van der Waals surface area contributed by atoms with Crippen molar-refractivity contribution >= 4 is 44.2 Å². The maximum Gasteiger partial charge on any atom is 0.281 e. The van der Waals surface area contributed by atoms with Gasteiger partial charge in [0.05, 0.1) is 9.26 Å². The van der Waals surface area contributed by atoms with Gasteiger partial charge in [-0.25, -0.2) is 8.78 Å². The average molecular weight is 363 g/mol. The number of nitrogens with zero attached hydrogens (tertiary/aromatic N) is 1. The topological polar surface area (TPSA) is 38.9 Å². The number of halogens is 4. The van der Waals surface area contributed by atoms with Gasteiger partial charge in [-0.05, 0) is 22.6 Å². The number of hydrogen-bond donors (Lipinski definition) is 1. The third-order valence-corrected chi connectivity index (χ3v) is 3.26. The zero-order chi connectivity index (χ0) is 10.0. The summed E-state index contributed by atoms with van der Waals surface area (Å²) < 4.78 is 25.0. The predicted molar refractivity (Wildman–Crippen MR) is 59.0 cm³/mol. The third-order valence-electron chi connectivity index (χ3n) is 1.52. The van der Waals surface area contributed by atoms with Crippen LogP contribution in [-0.2, 0) is 5.33 Å². The summed E-state index contributed by atoms with van der Waals surface area (Å²) in [5.74, 6) is 0. The minimum atomic E-state index is -2.57. The van der Waals surface area contributed by atoms with E-state index in [1.54, 1.807) is 22.6 Å². The second-order valence-corrected chi connectivity index (χ2v) is 3.97. The Kier molecular flexibility index (Phi) is 3.84. The molecule has 0 amide bonds. The Morgan fingerprint density at radius 3 is 2.69 bits per heavy atom. The summed E-state index contributed by atoms with van der Waals surface area (Å²) in [6.07, 6.45) is -1.20. The molecule has 0 saturated carbocycles. The number of nitrogens with two attached hydrogens (primary N) is 1. The van der Waals surface area contributed by atoms with E-state index in [0.717, 1.165) is 5.56 Å². The van der Waals surface area contributed by atoms with Crippen LogP contribution in [0, 0.1) is 3.57 Å². The lowest BCUT2D eigenvalue weighted by atomic mass is 10.2. The Morgan fingerprint density at radius 2 is 2.23 bits per heavy atom. The lowest BCUT2D eigenvalue weighted by Crippen LogP contribution is -2.03. The van der Waals surface area contributed by atoms with Crippen molar-refractivity contribution in [2.24, 2.45) is 0 Å². The molecular weight excluding hydrogens is 357 g/mol. The summed E-state index contributed by atoms with van der Waals surface area (Å²) in [6.45, 7) is 0. The molecule has 0 aliphatic rings. The maximum absolute atomic E-state index is 12.3. The molecule has 2 nitrogen and oxygen atoms in total. The number of alkyl halides is 3. The number of pyridine rings is 1. The number of aromatic nitrogens is 1. The smallest absolute Gasteiger partial charge is 0.281 e. The zero-order valence-electron chi connectivity index (χ0n) is 6.40. The van der Waals surface area contributed by atoms with Crippen LogP contribution in [0.5, 0.6) is 0 Å². The summed E-state index contributed by atoms with van der Waals surface area (Å²) >= 11 is 4.97. The van der Waals surface area contributed by atoms with Gasteiger partial charge in [0, 0.05) is 17.1 Å². The van der Waals surface area contributed by atoms with Gasteiger partial charge >= 0.3 is 0 Å². The van der Waals surface area contributed by atoms with Crippen LogP contribution < -0.4 is 5.73 Å². The fourth-order valence-electron chi connectivity index (χ4n) is 0.811. The van der Waals surface area contributed by atoms with Crippen molar-refractivity contribution in [3.63, 3.8) is 0 Å². The molecule has 0 saturated heterocycles. The predicted octanol–water partition coefficient (Wildman–Crippen LogP) is 3.10. The van der Waals surface area contributed by atoms with Crippen molar-refractivity contribution in [3.05, 3.63) is 21.0 Å². The Hall–Kier alpha value is 0.0200. The molecule has 0 radical (unpaired) electrons. The summed E-state index contributed by atoms with van der Waals surface area (Å²) in [6, 6.07) is 0. The highest BCUT2D eigenvalue weighted by Crippen LogP contribution is 2.29. The lowest BCUT2D eigenvalue weighted by Gasteiger charge is -2.08. The number of rotatable bonds is 2. The van der Waals surface area contributed by atoms with Crippen molar-refractivity contribution in [3.8, 4) is 0 Å². The van der Waals surface area contributed by atoms with Crippen LogP contribution in [0.1, 0.15) is 17.7 Å². The van der Waals surface area contributed by atoms with Crippen LogP contribution in [0.3, 0.4) is 0 Å². The maximum atomic E-state index is 12.3. The molecule has 0 fully saturated rings. The highest BCUT2D eigenvalue weighted by Gasteiger charge is 2.16. The summed E-state index contributed by atoms with van der Waals surface area (Å²) in [7, 11) is 0. The summed E-state index contributed by atoms with van der Waals surface area (Å²) in [4.78, 5) is 3.64. The van der Waals surface area contributed by atoms with E-state index in [9.17, 15) is 8.78 Å². The molecular formula is C7H6BrF2IN2. The van der Waals surface area contributed by atoms with E-state index in [1.165, 1.54) is 6.20 Å². The Labute approximate surface area is 96.2 Å². The first-order chi connectivity index (χ1) is 6.07. The fourth-order valence-corrected chi connectivity index (χ4v) is 1.98. The summed E-state index contributed by atoms with van der Waals surface area (Å²) in [5, 5.41) is 0.519. The minimum Gasteiger partial charge on any atom is -0.398 e. The molecule has 0 aliphatic heterocycles. The van der Waals surface area contributed by atoms with Crippen molar-refractivity contribution in [1.29, 1.82) is 0 Å². The summed E-state index contributed by atoms with van der Waals surface area (Å²) in [5.41, 5.74) is 6.48. The van der Waals surface area contributed by atoms with Crippen LogP contribution in [0.2, 0.25) is 0 Å². The van der Waals surface area contributed by atoms with Gasteiger partial charge in [0.15, 0.2) is 0 Å². The van der Waals surface area contributed by atoms with Gasteiger partial charge in [0.1, 0.15) is 5.69 Å². The molecule has 2 N–H and O–H groups in total. The quantitative estimate of drug-likeness (QED) is 0.648. The van der Waals surface area contributed by atoms with E-state index in [4.69, 9.17) is 5.73 Å². The van der Waals surface area contributed by atoms with Gasteiger partial charge in [-0.3, -0.25) is 4.98 Å². The first kappa shape index (κ1) is 11.1. The van der Waals surface area contributed by atoms with Crippen LogP contribution in [0.4, 0.5) is 14.5 Å². The van der Waals surface area contributed by atoms with Crippen LogP contribution >= 0.6 is 38.5 Å². The highest BCUT2D eigenvalue weighted by atomic mass is 127. The number of anilines is 1. The Bertz CT molecular complexity index is 320. The monoisotopic (exact) mass is 362 g/mol. The van der Waals surface area contributed by atoms with Gasteiger partial charge in [-0.15, -0.1) is 0 Å². The molecule has 1 aromatic heterocycles. The van der Waals surface area contributed by atoms with Gasteiger partial charge in [0.25, 0.3) is 6.43 Å². The molecule has 13 heavy (non-hydrogen) atoms. The van der Waals surface area contributed by atoms with Crippen molar-refractivity contribution in [2.75, 3.05) is 5.73 Å². The molecule has 0 aliphatic carbocycles. The van der Waals surface area contributed by atoms with E-state index < -0.39 is 6.43 Å². The van der Waals surface area contributed by atoms with Crippen molar-refractivity contribution in [2.45, 2.75) is 11.8 Å². The first-order valence-electron chi connectivity index (χ1n) is 3.34. The van der Waals surface area contributed by atoms with Gasteiger partial charge in [0.2, 0.25) is 0 Å². The average Bonchev–Trinajstić information content (AvgIpc) is 2.09. The van der Waals surface area contributed by atoms with Crippen LogP contribution in [-0.4, -0.2) is 4.98 Å². The second-order valence-electron chi connectivity index (χ2n) is 2.33. The minimum absolute atomic E-state index is 0.247. The van der Waals surface area contributed by atoms with Gasteiger partial charge in [-0.2, -0.15) is 0 Å². The Morgan fingerprint density at radius 1 is 1.62 bits per heavy atom. The molecule has 0 unspecified atom stereocenters. The normalized spacial score (nSPS) is 10.8. The standard InChI is InChI=1S/C7H6BrF2IN2/c8-1-3-2-13-6(7(9)10)4(11)5(3)12/h2,7H,1H2,(H2,12,13). The Balaban J connectivity index is 3.23. The molecule has 72 valence electrons. The molecule has 6 heteroatoms. The molecule has 1 aromatic rings. The van der Waals surface area contributed by atoms with Gasteiger partial charge < -0.3 is 5.73 Å². The largest absolute Gasteiger partial charge is 0.398 e. The van der Waals surface area contributed by atoms with Crippen molar-refractivity contribution < 1.29 is 8.78 Å². The van der Waals surface area contributed by atoms with E-state index in [0.29, 0.717) is 14.6 Å². The van der Waals surface area contributed by atoms with Crippen LogP contribution in [0.25, 0.3) is 0 Å². The van der Waals surface area contributed by atoms with Crippen molar-refractivity contribution in [1.82, 2.24) is 4.98 Å². The van der Waals surface area contributed by atoms with Gasteiger partial charge in [-0.1, -0.05) is 15.9 Å². The van der Waals surface area contributed by atoms with E-state index in [1.807, 2.05) is 0 Å². The lowest BCUT2D eigenvalue weighted by molar-refractivity contribution is 0.145. The molecule has 0 atom stereocenters. The van der Waals surface area contributed by atoms with Crippen LogP contribution in [0.15, 0.2) is 6.20 Å². The zero-order valence-corrected chi connectivity index (χ0v) is 10.1. The highest BCUT2D eigenvalue weighted by molar-refractivity contribution is 14.1. The molecule has 0 spiro atoms. The number of nitrogen functional groups attached to an aromatic ring is 1. The second kappa shape index (κ2) is 4.50. The van der Waals surface area contributed by atoms with E-state index >= 15 is 0 Å². The number of hydrogen-bond acceptors (Lipinski definition) is 2. The first-order valence-corrected chi connectivity index (χ1v) is 5.54. The third kappa shape index (κ3) is 2.28. The molecule has 1 rings (SSSR count). The SMILES string of the molecule is Nc1c(CBr)cnc(C(F)F)c1I. The molecule has 0 bridgehead atoms. The molecule has 1 heterocycles. The van der Waals surface area contributed by atoms with E-state index in [-0.39, 0.29) is 5.69 Å². The fraction of sp³-hybridized carbons (Fsp3) is 0.286. The molecule has 0 aromatic carbocycles. The van der Waals surface area contributed by atoms with E-state index in [2.05, 4.69) is 20.9 Å².